The first-order valence-electron chi connectivity index (χ1n) is 4.38. The highest BCUT2D eigenvalue weighted by Crippen LogP contribution is 2.17. The molecule has 0 saturated carbocycles. The van der Waals surface area contributed by atoms with E-state index in [-0.39, 0.29) is 5.97 Å². The number of carbonyl (C=O) groups excluding carboxylic acids is 1. The van der Waals surface area contributed by atoms with Gasteiger partial charge < -0.3 is 4.74 Å². The molecule has 0 radical (unpaired) electrons. The number of rotatable bonds is 1. The Labute approximate surface area is 92.5 Å². The number of thiol groups is 1. The van der Waals surface area contributed by atoms with E-state index in [9.17, 15) is 4.79 Å². The first kappa shape index (κ1) is 9.98. The molecule has 1 heterocycles. The van der Waals surface area contributed by atoms with E-state index in [4.69, 9.17) is 0 Å². The summed E-state index contributed by atoms with van der Waals surface area (Å²) in [5.74, 6) is -0.381. The summed E-state index contributed by atoms with van der Waals surface area (Å²) in [5, 5.41) is 0.880. The molecule has 0 bridgehead atoms. The van der Waals surface area contributed by atoms with Crippen molar-refractivity contribution in [3.8, 4) is 0 Å². The third-order valence-corrected chi connectivity index (χ3v) is 2.36. The number of fused-ring (bicyclic) bond motifs is 1. The minimum atomic E-state index is -0.381. The highest BCUT2D eigenvalue weighted by Gasteiger charge is 2.06. The van der Waals surface area contributed by atoms with Gasteiger partial charge in [-0.15, -0.1) is 12.6 Å². The molecule has 1 aromatic carbocycles. The first-order valence-corrected chi connectivity index (χ1v) is 4.82. The van der Waals surface area contributed by atoms with E-state index in [1.54, 1.807) is 6.07 Å². The summed E-state index contributed by atoms with van der Waals surface area (Å²) < 4.78 is 4.62. The van der Waals surface area contributed by atoms with Gasteiger partial charge in [0.1, 0.15) is 0 Å². The van der Waals surface area contributed by atoms with Gasteiger partial charge in [0, 0.05) is 16.5 Å². The molecule has 0 aliphatic rings. The van der Waals surface area contributed by atoms with Crippen LogP contribution in [-0.4, -0.2) is 18.1 Å². The molecule has 1 aromatic heterocycles. The maximum atomic E-state index is 11.3. The molecule has 0 unspecified atom stereocenters. The predicted octanol–water partition coefficient (Wildman–Crippen LogP) is 2.31. The number of carbonyl (C=O) groups is 1. The van der Waals surface area contributed by atoms with E-state index in [0.717, 1.165) is 15.8 Å². The lowest BCUT2D eigenvalue weighted by atomic mass is 10.1. The first-order chi connectivity index (χ1) is 7.20. The van der Waals surface area contributed by atoms with Crippen molar-refractivity contribution in [3.63, 3.8) is 0 Å². The zero-order chi connectivity index (χ0) is 10.8. The van der Waals surface area contributed by atoms with Crippen molar-refractivity contribution < 1.29 is 9.53 Å². The van der Waals surface area contributed by atoms with Gasteiger partial charge in [-0.2, -0.15) is 0 Å². The molecule has 15 heavy (non-hydrogen) atoms. The molecule has 0 N–H and O–H groups in total. The number of ether oxygens (including phenoxy) is 1. The van der Waals surface area contributed by atoms with Crippen LogP contribution in [0.5, 0.6) is 0 Å². The largest absolute Gasteiger partial charge is 0.465 e. The Morgan fingerprint density at radius 3 is 2.93 bits per heavy atom. The molecular weight excluding hydrogens is 210 g/mol. The van der Waals surface area contributed by atoms with Gasteiger partial charge in [0.2, 0.25) is 0 Å². The number of methoxy groups -OCH3 is 1. The molecule has 0 spiro atoms. The van der Waals surface area contributed by atoms with Crippen molar-refractivity contribution in [3.05, 3.63) is 36.0 Å². The predicted molar refractivity (Wildman–Crippen MR) is 60.3 cm³/mol. The summed E-state index contributed by atoms with van der Waals surface area (Å²) in [4.78, 5) is 16.3. The molecule has 0 amide bonds. The Balaban J connectivity index is 2.59. The van der Waals surface area contributed by atoms with Crippen LogP contribution in [-0.2, 0) is 4.74 Å². The lowest BCUT2D eigenvalue weighted by Gasteiger charge is -2.01. The molecule has 0 saturated heterocycles. The fourth-order valence-electron chi connectivity index (χ4n) is 1.35. The third-order valence-electron chi connectivity index (χ3n) is 2.09. The van der Waals surface area contributed by atoms with Crippen molar-refractivity contribution in [2.75, 3.05) is 7.11 Å². The lowest BCUT2D eigenvalue weighted by molar-refractivity contribution is 0.0600. The number of esters is 1. The van der Waals surface area contributed by atoms with Crippen LogP contribution in [0.15, 0.2) is 35.4 Å². The van der Waals surface area contributed by atoms with Crippen LogP contribution in [0.4, 0.5) is 0 Å². The van der Waals surface area contributed by atoms with Crippen molar-refractivity contribution in [2.45, 2.75) is 4.90 Å². The van der Waals surface area contributed by atoms with Crippen LogP contribution in [0, 0.1) is 0 Å². The van der Waals surface area contributed by atoms with Crippen LogP contribution in [0.2, 0.25) is 0 Å². The number of benzene rings is 1. The second-order valence-corrected chi connectivity index (χ2v) is 3.61. The van der Waals surface area contributed by atoms with Gasteiger partial charge in [0.15, 0.2) is 0 Å². The summed E-state index contributed by atoms with van der Waals surface area (Å²) in [5.41, 5.74) is 1.28. The minimum Gasteiger partial charge on any atom is -0.465 e. The van der Waals surface area contributed by atoms with Crippen LogP contribution < -0.4 is 0 Å². The highest BCUT2D eigenvalue weighted by atomic mass is 32.1. The number of hydrogen-bond acceptors (Lipinski definition) is 4. The molecule has 4 heteroatoms. The maximum Gasteiger partial charge on any atom is 0.339 e. The number of aromatic nitrogens is 1. The van der Waals surface area contributed by atoms with E-state index in [1.807, 2.05) is 18.2 Å². The van der Waals surface area contributed by atoms with Gasteiger partial charge in [-0.3, -0.25) is 4.98 Å². The van der Waals surface area contributed by atoms with Gasteiger partial charge in [-0.05, 0) is 24.3 Å². The maximum absolute atomic E-state index is 11.3. The van der Waals surface area contributed by atoms with E-state index in [1.165, 1.54) is 13.3 Å². The Kier molecular flexibility index (Phi) is 2.60. The van der Waals surface area contributed by atoms with E-state index >= 15 is 0 Å². The number of hydrogen-bond donors (Lipinski definition) is 1. The Morgan fingerprint density at radius 1 is 1.40 bits per heavy atom. The van der Waals surface area contributed by atoms with E-state index < -0.39 is 0 Å². The van der Waals surface area contributed by atoms with E-state index in [2.05, 4.69) is 22.3 Å². The molecule has 0 aliphatic carbocycles. The quantitative estimate of drug-likeness (QED) is 0.591. The molecule has 76 valence electrons. The zero-order valence-corrected chi connectivity index (χ0v) is 8.99. The molecule has 0 fully saturated rings. The molecule has 0 aliphatic heterocycles. The van der Waals surface area contributed by atoms with Gasteiger partial charge in [0.05, 0.1) is 18.2 Å². The van der Waals surface area contributed by atoms with Crippen LogP contribution in [0.1, 0.15) is 10.4 Å². The van der Waals surface area contributed by atoms with Gasteiger partial charge in [-0.25, -0.2) is 4.79 Å². The molecule has 2 rings (SSSR count). The summed E-state index contributed by atoms with van der Waals surface area (Å²) in [6.07, 6.45) is 1.51. The third kappa shape index (κ3) is 1.94. The lowest BCUT2D eigenvalue weighted by Crippen LogP contribution is -2.01. The normalized spacial score (nSPS) is 10.3. The Bertz CT molecular complexity index is 525. The highest BCUT2D eigenvalue weighted by molar-refractivity contribution is 7.80. The van der Waals surface area contributed by atoms with Gasteiger partial charge >= 0.3 is 5.97 Å². The Hall–Kier alpha value is -1.55. The van der Waals surface area contributed by atoms with Crippen LogP contribution in [0.25, 0.3) is 10.9 Å². The number of pyridine rings is 1. The standard InChI is InChI=1S/C11H9NO2S/c1-14-11(13)8-4-7-5-9(15)2-3-10(7)12-6-8/h2-6,15H,1H3. The zero-order valence-electron chi connectivity index (χ0n) is 8.10. The monoisotopic (exact) mass is 219 g/mol. The summed E-state index contributed by atoms with van der Waals surface area (Å²) in [7, 11) is 1.35. The average molecular weight is 219 g/mol. The number of nitrogens with zero attached hydrogens (tertiary/aromatic N) is 1. The van der Waals surface area contributed by atoms with Gasteiger partial charge in [0.25, 0.3) is 0 Å². The topological polar surface area (TPSA) is 39.2 Å². The molecule has 2 aromatic rings. The average Bonchev–Trinajstić information content (AvgIpc) is 2.27. The fourth-order valence-corrected chi connectivity index (χ4v) is 1.56. The summed E-state index contributed by atoms with van der Waals surface area (Å²) >= 11 is 4.23. The van der Waals surface area contributed by atoms with Crippen LogP contribution in [0.3, 0.4) is 0 Å². The van der Waals surface area contributed by atoms with Crippen molar-refractivity contribution in [1.29, 1.82) is 0 Å². The second-order valence-electron chi connectivity index (χ2n) is 3.09. The van der Waals surface area contributed by atoms with Crippen molar-refractivity contribution in [1.82, 2.24) is 4.98 Å². The smallest absolute Gasteiger partial charge is 0.339 e. The summed E-state index contributed by atoms with van der Waals surface area (Å²) in [6, 6.07) is 7.32. The van der Waals surface area contributed by atoms with Crippen molar-refractivity contribution >= 4 is 29.5 Å². The summed E-state index contributed by atoms with van der Waals surface area (Å²) in [6.45, 7) is 0. The van der Waals surface area contributed by atoms with Gasteiger partial charge in [-0.1, -0.05) is 0 Å². The second kappa shape index (κ2) is 3.90. The van der Waals surface area contributed by atoms with Crippen molar-refractivity contribution in [2.24, 2.45) is 0 Å². The molecule has 0 atom stereocenters. The molecular formula is C11H9NO2S. The minimum absolute atomic E-state index is 0.381. The Morgan fingerprint density at radius 2 is 2.20 bits per heavy atom. The SMILES string of the molecule is COC(=O)c1cnc2ccc(S)cc2c1. The van der Waals surface area contributed by atoms with E-state index in [0.29, 0.717) is 5.56 Å². The van der Waals surface area contributed by atoms with Crippen LogP contribution >= 0.6 is 12.6 Å². The molecule has 3 nitrogen and oxygen atoms in total. The fraction of sp³-hybridized carbons (Fsp3) is 0.0909.